The van der Waals surface area contributed by atoms with E-state index in [9.17, 15) is 13.2 Å². The SMILES string of the molecule is CCc1ccc(CCc2ccc(-c3ccc(C4CO4)c(F)c3F)cc2)c(F)c1. The van der Waals surface area contributed by atoms with Crippen molar-refractivity contribution in [1.29, 1.82) is 0 Å². The summed E-state index contributed by atoms with van der Waals surface area (Å²) in [6, 6.07) is 15.9. The molecule has 4 rings (SSSR count). The topological polar surface area (TPSA) is 12.5 Å². The molecular weight excluding hydrogens is 361 g/mol. The van der Waals surface area contributed by atoms with Crippen LogP contribution in [0.15, 0.2) is 54.6 Å². The van der Waals surface area contributed by atoms with E-state index in [1.165, 1.54) is 0 Å². The molecule has 1 nitrogen and oxygen atoms in total. The highest BCUT2D eigenvalue weighted by Crippen LogP contribution is 2.35. The molecule has 1 aliphatic heterocycles. The first-order chi connectivity index (χ1) is 13.6. The van der Waals surface area contributed by atoms with Crippen LogP contribution >= 0.6 is 0 Å². The summed E-state index contributed by atoms with van der Waals surface area (Å²) >= 11 is 0. The number of rotatable bonds is 6. The molecule has 144 valence electrons. The zero-order valence-electron chi connectivity index (χ0n) is 15.6. The van der Waals surface area contributed by atoms with Crippen LogP contribution < -0.4 is 0 Å². The van der Waals surface area contributed by atoms with Gasteiger partial charge in [0.05, 0.1) is 6.61 Å². The van der Waals surface area contributed by atoms with Crippen molar-refractivity contribution in [2.45, 2.75) is 32.3 Å². The molecule has 0 N–H and O–H groups in total. The Kier molecular flexibility index (Phi) is 5.23. The predicted octanol–water partition coefficient (Wildman–Crippen LogP) is 6.19. The molecule has 0 saturated carbocycles. The van der Waals surface area contributed by atoms with Crippen LogP contribution in [0.2, 0.25) is 0 Å². The van der Waals surface area contributed by atoms with Crippen LogP contribution in [-0.4, -0.2) is 6.61 Å². The Balaban J connectivity index is 1.48. The van der Waals surface area contributed by atoms with E-state index in [0.29, 0.717) is 30.6 Å². The molecule has 1 heterocycles. The first-order valence-corrected chi connectivity index (χ1v) is 9.53. The van der Waals surface area contributed by atoms with Gasteiger partial charge in [0.15, 0.2) is 11.6 Å². The van der Waals surface area contributed by atoms with Gasteiger partial charge in [-0.2, -0.15) is 0 Å². The maximum absolute atomic E-state index is 14.4. The average Bonchev–Trinajstić information content (AvgIpc) is 3.55. The average molecular weight is 382 g/mol. The fourth-order valence-electron chi connectivity index (χ4n) is 3.41. The van der Waals surface area contributed by atoms with Gasteiger partial charge in [-0.1, -0.05) is 55.5 Å². The number of hydrogen-bond acceptors (Lipinski definition) is 1. The van der Waals surface area contributed by atoms with E-state index in [1.54, 1.807) is 30.3 Å². The zero-order chi connectivity index (χ0) is 19.7. The maximum Gasteiger partial charge on any atom is 0.167 e. The molecule has 1 aliphatic rings. The van der Waals surface area contributed by atoms with Gasteiger partial charge in [0, 0.05) is 11.1 Å². The summed E-state index contributed by atoms with van der Waals surface area (Å²) in [6.07, 6.45) is 1.76. The lowest BCUT2D eigenvalue weighted by atomic mass is 9.98. The van der Waals surface area contributed by atoms with E-state index < -0.39 is 11.6 Å². The highest BCUT2D eigenvalue weighted by atomic mass is 19.2. The minimum Gasteiger partial charge on any atom is -0.368 e. The van der Waals surface area contributed by atoms with Gasteiger partial charge in [-0.25, -0.2) is 13.2 Å². The lowest BCUT2D eigenvalue weighted by Crippen LogP contribution is -1.98. The van der Waals surface area contributed by atoms with Gasteiger partial charge in [-0.05, 0) is 47.6 Å². The molecule has 1 unspecified atom stereocenters. The highest BCUT2D eigenvalue weighted by Gasteiger charge is 2.30. The van der Waals surface area contributed by atoms with Crippen molar-refractivity contribution >= 4 is 0 Å². The molecular formula is C24H21F3O. The minimum absolute atomic E-state index is 0.173. The molecule has 1 saturated heterocycles. The van der Waals surface area contributed by atoms with Gasteiger partial charge in [0.25, 0.3) is 0 Å². The quantitative estimate of drug-likeness (QED) is 0.463. The monoisotopic (exact) mass is 382 g/mol. The van der Waals surface area contributed by atoms with Crippen LogP contribution in [0.1, 0.15) is 35.3 Å². The number of benzene rings is 3. The van der Waals surface area contributed by atoms with Gasteiger partial charge in [-0.15, -0.1) is 0 Å². The van der Waals surface area contributed by atoms with Crippen LogP contribution in [0, 0.1) is 17.5 Å². The van der Waals surface area contributed by atoms with Crippen molar-refractivity contribution in [1.82, 2.24) is 0 Å². The molecule has 0 amide bonds. The Labute approximate surface area is 162 Å². The highest BCUT2D eigenvalue weighted by molar-refractivity contribution is 5.65. The van der Waals surface area contributed by atoms with E-state index in [-0.39, 0.29) is 23.0 Å². The first-order valence-electron chi connectivity index (χ1n) is 9.53. The lowest BCUT2D eigenvalue weighted by Gasteiger charge is -2.09. The fourth-order valence-corrected chi connectivity index (χ4v) is 3.41. The molecule has 0 aromatic heterocycles. The number of halogens is 3. The van der Waals surface area contributed by atoms with E-state index in [0.717, 1.165) is 17.5 Å². The molecule has 4 heteroatoms. The summed E-state index contributed by atoms with van der Waals surface area (Å²) < 4.78 is 47.8. The normalized spacial score (nSPS) is 15.6. The second-order valence-corrected chi connectivity index (χ2v) is 7.13. The number of ether oxygens (including phenoxy) is 1. The third-order valence-electron chi connectivity index (χ3n) is 5.27. The molecule has 0 bridgehead atoms. The summed E-state index contributed by atoms with van der Waals surface area (Å²) in [7, 11) is 0. The summed E-state index contributed by atoms with van der Waals surface area (Å²) in [5, 5.41) is 0. The third kappa shape index (κ3) is 3.83. The lowest BCUT2D eigenvalue weighted by molar-refractivity contribution is 0.401. The van der Waals surface area contributed by atoms with Crippen LogP contribution in [-0.2, 0) is 24.0 Å². The van der Waals surface area contributed by atoms with Gasteiger partial charge >= 0.3 is 0 Å². The number of epoxide rings is 1. The van der Waals surface area contributed by atoms with E-state index in [2.05, 4.69) is 0 Å². The second-order valence-electron chi connectivity index (χ2n) is 7.13. The predicted molar refractivity (Wildman–Crippen MR) is 104 cm³/mol. The largest absolute Gasteiger partial charge is 0.368 e. The van der Waals surface area contributed by atoms with E-state index in [4.69, 9.17) is 4.74 Å². The molecule has 3 aromatic carbocycles. The standard InChI is InChI=1S/C24H21F3O/c1-2-15-3-9-18(21(25)13-15)10-6-16-4-7-17(8-5-16)19-11-12-20(22-14-28-22)24(27)23(19)26/h3-5,7-9,11-13,22H,2,6,10,14H2,1H3. The molecule has 1 fully saturated rings. The number of aryl methyl sites for hydroxylation is 3. The number of hydrogen-bond donors (Lipinski definition) is 0. The van der Waals surface area contributed by atoms with Crippen LogP contribution in [0.25, 0.3) is 11.1 Å². The second kappa shape index (κ2) is 7.80. The van der Waals surface area contributed by atoms with Crippen LogP contribution in [0.4, 0.5) is 13.2 Å². The van der Waals surface area contributed by atoms with Crippen molar-refractivity contribution < 1.29 is 17.9 Å². The smallest absolute Gasteiger partial charge is 0.167 e. The Morgan fingerprint density at radius 1 is 0.857 bits per heavy atom. The fraction of sp³-hybridized carbons (Fsp3) is 0.250. The Morgan fingerprint density at radius 3 is 2.21 bits per heavy atom. The molecule has 0 aliphatic carbocycles. The van der Waals surface area contributed by atoms with Crippen molar-refractivity contribution in [3.63, 3.8) is 0 Å². The molecule has 3 aromatic rings. The van der Waals surface area contributed by atoms with Crippen LogP contribution in [0.5, 0.6) is 0 Å². The van der Waals surface area contributed by atoms with Crippen molar-refractivity contribution in [2.75, 3.05) is 6.61 Å². The van der Waals surface area contributed by atoms with Gasteiger partial charge in [0.2, 0.25) is 0 Å². The summed E-state index contributed by atoms with van der Waals surface area (Å²) in [6.45, 7) is 2.43. The molecule has 0 radical (unpaired) electrons. The first kappa shape index (κ1) is 18.8. The van der Waals surface area contributed by atoms with Gasteiger partial charge in [0.1, 0.15) is 11.9 Å². The summed E-state index contributed by atoms with van der Waals surface area (Å²) in [4.78, 5) is 0. The molecule has 0 spiro atoms. The van der Waals surface area contributed by atoms with Crippen molar-refractivity contribution in [3.8, 4) is 11.1 Å². The van der Waals surface area contributed by atoms with Crippen molar-refractivity contribution in [3.05, 3.63) is 94.3 Å². The zero-order valence-corrected chi connectivity index (χ0v) is 15.6. The summed E-state index contributed by atoms with van der Waals surface area (Å²) in [5.74, 6) is -1.86. The van der Waals surface area contributed by atoms with Crippen molar-refractivity contribution in [2.24, 2.45) is 0 Å². The summed E-state index contributed by atoms with van der Waals surface area (Å²) in [5.41, 5.74) is 3.81. The molecule has 1 atom stereocenters. The van der Waals surface area contributed by atoms with Gasteiger partial charge in [-0.3, -0.25) is 0 Å². The van der Waals surface area contributed by atoms with E-state index in [1.807, 2.05) is 31.2 Å². The Morgan fingerprint density at radius 2 is 1.57 bits per heavy atom. The maximum atomic E-state index is 14.4. The van der Waals surface area contributed by atoms with Crippen LogP contribution in [0.3, 0.4) is 0 Å². The Bertz CT molecular complexity index is 991. The minimum atomic E-state index is -0.848. The molecule has 28 heavy (non-hydrogen) atoms. The Hall–Kier alpha value is -2.59. The van der Waals surface area contributed by atoms with Gasteiger partial charge < -0.3 is 4.74 Å². The van der Waals surface area contributed by atoms with E-state index >= 15 is 0 Å². The third-order valence-corrected chi connectivity index (χ3v) is 5.27.